The molecule has 0 bridgehead atoms. The van der Waals surface area contributed by atoms with E-state index in [1.807, 2.05) is 24.3 Å². The molecule has 1 N–H and O–H groups in total. The van der Waals surface area contributed by atoms with Crippen LogP contribution < -0.4 is 15.1 Å². The summed E-state index contributed by atoms with van der Waals surface area (Å²) in [5.74, 6) is 0.229. The summed E-state index contributed by atoms with van der Waals surface area (Å²) in [5.41, 5.74) is 1.67. The molecule has 0 unspecified atom stereocenters. The summed E-state index contributed by atoms with van der Waals surface area (Å²) < 4.78 is 13.2. The van der Waals surface area contributed by atoms with E-state index in [1.54, 1.807) is 30.6 Å². The number of hydrogen-bond acceptors (Lipinski definition) is 5. The lowest BCUT2D eigenvalue weighted by Crippen LogP contribution is -2.46. The molecule has 0 aliphatic carbocycles. The molecular formula is C21H20FN5O. The summed E-state index contributed by atoms with van der Waals surface area (Å²) in [6, 6.07) is 15.3. The highest BCUT2D eigenvalue weighted by Crippen LogP contribution is 2.19. The van der Waals surface area contributed by atoms with Crippen LogP contribution >= 0.6 is 0 Å². The van der Waals surface area contributed by atoms with E-state index in [0.717, 1.165) is 37.7 Å². The second kappa shape index (κ2) is 8.04. The number of anilines is 3. The fraction of sp³-hybridized carbons (Fsp3) is 0.190. The van der Waals surface area contributed by atoms with E-state index in [4.69, 9.17) is 0 Å². The Kier molecular flexibility index (Phi) is 5.14. The summed E-state index contributed by atoms with van der Waals surface area (Å²) in [4.78, 5) is 25.5. The first-order chi connectivity index (χ1) is 13.7. The van der Waals surface area contributed by atoms with Gasteiger partial charge in [0.05, 0.1) is 11.9 Å². The van der Waals surface area contributed by atoms with Crippen LogP contribution in [0.15, 0.2) is 67.0 Å². The molecule has 1 aliphatic heterocycles. The lowest BCUT2D eigenvalue weighted by Gasteiger charge is -2.36. The van der Waals surface area contributed by atoms with E-state index < -0.39 is 5.82 Å². The Morgan fingerprint density at radius 1 is 0.929 bits per heavy atom. The first-order valence-corrected chi connectivity index (χ1v) is 9.13. The SMILES string of the molecule is O=C(Nc1cccc(F)c1)c1ccc(N2CCN(c3ccccn3)CC2)cn1. The van der Waals surface area contributed by atoms with Crippen molar-refractivity contribution in [3.63, 3.8) is 0 Å². The number of piperazine rings is 1. The Bertz CT molecular complexity index is 941. The highest BCUT2D eigenvalue weighted by molar-refractivity contribution is 6.02. The standard InChI is InChI=1S/C21H20FN5O/c22-16-4-3-5-17(14-16)25-21(28)19-8-7-18(15-24-19)26-10-12-27(13-11-26)20-6-1-2-9-23-20/h1-9,14-15H,10-13H2,(H,25,28). The molecule has 1 fully saturated rings. The zero-order valence-electron chi connectivity index (χ0n) is 15.3. The zero-order chi connectivity index (χ0) is 19.3. The number of aromatic nitrogens is 2. The van der Waals surface area contributed by atoms with Gasteiger partial charge in [0.15, 0.2) is 0 Å². The normalized spacial score (nSPS) is 14.0. The maximum absolute atomic E-state index is 13.2. The average Bonchev–Trinajstić information content (AvgIpc) is 2.75. The van der Waals surface area contributed by atoms with Crippen LogP contribution in [-0.4, -0.2) is 42.1 Å². The van der Waals surface area contributed by atoms with Crippen LogP contribution in [0.3, 0.4) is 0 Å². The maximum Gasteiger partial charge on any atom is 0.274 e. The van der Waals surface area contributed by atoms with Gasteiger partial charge in [0, 0.05) is 38.1 Å². The molecule has 1 amide bonds. The van der Waals surface area contributed by atoms with Crippen molar-refractivity contribution >= 4 is 23.1 Å². The summed E-state index contributed by atoms with van der Waals surface area (Å²) in [7, 11) is 0. The molecule has 0 radical (unpaired) electrons. The summed E-state index contributed by atoms with van der Waals surface area (Å²) in [6.45, 7) is 3.46. The minimum absolute atomic E-state index is 0.292. The minimum Gasteiger partial charge on any atom is -0.367 e. The van der Waals surface area contributed by atoms with E-state index in [0.29, 0.717) is 11.4 Å². The number of amides is 1. The Balaban J connectivity index is 1.36. The molecule has 4 rings (SSSR count). The first-order valence-electron chi connectivity index (χ1n) is 9.13. The average molecular weight is 377 g/mol. The van der Waals surface area contributed by atoms with E-state index in [-0.39, 0.29) is 5.91 Å². The van der Waals surface area contributed by atoms with Crippen LogP contribution in [0, 0.1) is 5.82 Å². The van der Waals surface area contributed by atoms with Crippen molar-refractivity contribution in [3.05, 3.63) is 78.5 Å². The number of benzene rings is 1. The maximum atomic E-state index is 13.2. The molecule has 3 aromatic rings. The molecule has 7 heteroatoms. The number of pyridine rings is 2. The van der Waals surface area contributed by atoms with Crippen molar-refractivity contribution < 1.29 is 9.18 Å². The van der Waals surface area contributed by atoms with Gasteiger partial charge in [-0.15, -0.1) is 0 Å². The van der Waals surface area contributed by atoms with Gasteiger partial charge in [-0.3, -0.25) is 4.79 Å². The predicted octanol–water partition coefficient (Wildman–Crippen LogP) is 3.19. The predicted molar refractivity (Wildman–Crippen MR) is 107 cm³/mol. The molecule has 1 aliphatic rings. The second-order valence-corrected chi connectivity index (χ2v) is 6.53. The second-order valence-electron chi connectivity index (χ2n) is 6.53. The number of carbonyl (C=O) groups is 1. The first kappa shape index (κ1) is 17.9. The van der Waals surface area contributed by atoms with Gasteiger partial charge in [0.2, 0.25) is 0 Å². The van der Waals surface area contributed by atoms with Crippen molar-refractivity contribution in [2.45, 2.75) is 0 Å². The lowest BCUT2D eigenvalue weighted by atomic mass is 10.2. The van der Waals surface area contributed by atoms with E-state index >= 15 is 0 Å². The van der Waals surface area contributed by atoms with Crippen LogP contribution in [0.5, 0.6) is 0 Å². The fourth-order valence-corrected chi connectivity index (χ4v) is 3.20. The van der Waals surface area contributed by atoms with E-state index in [2.05, 4.69) is 25.1 Å². The highest BCUT2D eigenvalue weighted by Gasteiger charge is 2.19. The number of nitrogens with zero attached hydrogens (tertiary/aromatic N) is 4. The zero-order valence-corrected chi connectivity index (χ0v) is 15.3. The Morgan fingerprint density at radius 3 is 2.43 bits per heavy atom. The Morgan fingerprint density at radius 2 is 1.75 bits per heavy atom. The van der Waals surface area contributed by atoms with Crippen LogP contribution in [0.1, 0.15) is 10.5 Å². The quantitative estimate of drug-likeness (QED) is 0.757. The molecule has 6 nitrogen and oxygen atoms in total. The molecule has 142 valence electrons. The van der Waals surface area contributed by atoms with Crippen molar-refractivity contribution in [3.8, 4) is 0 Å². The van der Waals surface area contributed by atoms with E-state index in [9.17, 15) is 9.18 Å². The van der Waals surface area contributed by atoms with Crippen molar-refractivity contribution in [1.29, 1.82) is 0 Å². The number of nitrogens with one attached hydrogen (secondary N) is 1. The van der Waals surface area contributed by atoms with Gasteiger partial charge in [-0.05, 0) is 42.5 Å². The third kappa shape index (κ3) is 4.09. The lowest BCUT2D eigenvalue weighted by molar-refractivity contribution is 0.102. The molecule has 28 heavy (non-hydrogen) atoms. The van der Waals surface area contributed by atoms with E-state index in [1.165, 1.54) is 12.1 Å². The topological polar surface area (TPSA) is 61.4 Å². The van der Waals surface area contributed by atoms with Gasteiger partial charge in [0.1, 0.15) is 17.3 Å². The van der Waals surface area contributed by atoms with Gasteiger partial charge in [-0.2, -0.15) is 0 Å². The van der Waals surface area contributed by atoms with Crippen molar-refractivity contribution in [1.82, 2.24) is 9.97 Å². The highest BCUT2D eigenvalue weighted by atomic mass is 19.1. The van der Waals surface area contributed by atoms with Crippen LogP contribution in [0.25, 0.3) is 0 Å². The van der Waals surface area contributed by atoms with Crippen molar-refractivity contribution in [2.24, 2.45) is 0 Å². The number of hydrogen-bond donors (Lipinski definition) is 1. The molecule has 2 aromatic heterocycles. The minimum atomic E-state index is -0.397. The molecule has 1 saturated heterocycles. The van der Waals surface area contributed by atoms with Crippen LogP contribution in [0.2, 0.25) is 0 Å². The summed E-state index contributed by atoms with van der Waals surface area (Å²) >= 11 is 0. The van der Waals surface area contributed by atoms with Gasteiger partial charge in [-0.1, -0.05) is 12.1 Å². The Labute approximate surface area is 162 Å². The van der Waals surface area contributed by atoms with Crippen LogP contribution in [0.4, 0.5) is 21.6 Å². The van der Waals surface area contributed by atoms with Crippen LogP contribution in [-0.2, 0) is 0 Å². The summed E-state index contributed by atoms with van der Waals surface area (Å²) in [6.07, 6.45) is 3.51. The van der Waals surface area contributed by atoms with Gasteiger partial charge >= 0.3 is 0 Å². The number of carbonyl (C=O) groups excluding carboxylic acids is 1. The molecular weight excluding hydrogens is 357 g/mol. The van der Waals surface area contributed by atoms with Gasteiger partial charge in [-0.25, -0.2) is 14.4 Å². The molecule has 0 spiro atoms. The monoisotopic (exact) mass is 377 g/mol. The third-order valence-corrected chi connectivity index (χ3v) is 4.68. The Hall–Kier alpha value is -3.48. The fourth-order valence-electron chi connectivity index (χ4n) is 3.20. The van der Waals surface area contributed by atoms with Gasteiger partial charge < -0.3 is 15.1 Å². The smallest absolute Gasteiger partial charge is 0.274 e. The third-order valence-electron chi connectivity index (χ3n) is 4.68. The number of halogens is 1. The molecule has 1 aromatic carbocycles. The molecule has 3 heterocycles. The molecule has 0 saturated carbocycles. The molecule has 0 atom stereocenters. The summed E-state index contributed by atoms with van der Waals surface area (Å²) in [5, 5.41) is 2.65. The van der Waals surface area contributed by atoms with Gasteiger partial charge in [0.25, 0.3) is 5.91 Å². The largest absolute Gasteiger partial charge is 0.367 e. The van der Waals surface area contributed by atoms with Crippen molar-refractivity contribution in [2.75, 3.05) is 41.3 Å². The number of rotatable bonds is 4.